The van der Waals surface area contributed by atoms with E-state index in [0.29, 0.717) is 11.6 Å². The standard InChI is InChI=1S/C17H20FN/c1-13-8-9-16(18)17(12-13)19-11-10-14(2)15-6-4-3-5-7-15/h3-9,12,14,19H,10-11H2,1-2H3. The van der Waals surface area contributed by atoms with Gasteiger partial charge in [0.1, 0.15) is 5.82 Å². The zero-order valence-corrected chi connectivity index (χ0v) is 11.5. The molecule has 1 N–H and O–H groups in total. The summed E-state index contributed by atoms with van der Waals surface area (Å²) in [6.07, 6.45) is 0.984. The smallest absolute Gasteiger partial charge is 0.146 e. The fourth-order valence-electron chi connectivity index (χ4n) is 2.15. The first-order valence-corrected chi connectivity index (χ1v) is 6.72. The van der Waals surface area contributed by atoms with Gasteiger partial charge in [-0.1, -0.05) is 43.3 Å². The Morgan fingerprint density at radius 3 is 2.58 bits per heavy atom. The topological polar surface area (TPSA) is 12.0 Å². The summed E-state index contributed by atoms with van der Waals surface area (Å²) in [5.41, 5.74) is 2.99. The largest absolute Gasteiger partial charge is 0.383 e. The van der Waals surface area contributed by atoms with Crippen molar-refractivity contribution in [2.45, 2.75) is 26.2 Å². The molecular formula is C17H20FN. The molecule has 0 fully saturated rings. The van der Waals surface area contributed by atoms with Gasteiger partial charge in [0.2, 0.25) is 0 Å². The van der Waals surface area contributed by atoms with Crippen molar-refractivity contribution in [2.75, 3.05) is 11.9 Å². The van der Waals surface area contributed by atoms with Crippen molar-refractivity contribution in [1.29, 1.82) is 0 Å². The van der Waals surface area contributed by atoms with E-state index < -0.39 is 0 Å². The highest BCUT2D eigenvalue weighted by atomic mass is 19.1. The molecule has 0 aliphatic rings. The number of aryl methyl sites for hydroxylation is 1. The Morgan fingerprint density at radius 2 is 1.84 bits per heavy atom. The van der Waals surface area contributed by atoms with Crippen molar-refractivity contribution < 1.29 is 4.39 Å². The van der Waals surface area contributed by atoms with E-state index in [1.165, 1.54) is 11.6 Å². The van der Waals surface area contributed by atoms with Gasteiger partial charge in [0.15, 0.2) is 0 Å². The molecule has 0 bridgehead atoms. The van der Waals surface area contributed by atoms with E-state index in [9.17, 15) is 4.39 Å². The number of hydrogen-bond donors (Lipinski definition) is 1. The van der Waals surface area contributed by atoms with Crippen molar-refractivity contribution in [2.24, 2.45) is 0 Å². The van der Waals surface area contributed by atoms with Gasteiger partial charge in [-0.2, -0.15) is 0 Å². The van der Waals surface area contributed by atoms with Crippen LogP contribution >= 0.6 is 0 Å². The van der Waals surface area contributed by atoms with Crippen LogP contribution < -0.4 is 5.32 Å². The Kier molecular flexibility index (Phi) is 4.56. The lowest BCUT2D eigenvalue weighted by Gasteiger charge is -2.13. The predicted octanol–water partition coefficient (Wildman–Crippen LogP) is 4.74. The molecule has 1 unspecified atom stereocenters. The molecule has 100 valence electrons. The summed E-state index contributed by atoms with van der Waals surface area (Å²) in [5.74, 6) is 0.291. The fourth-order valence-corrected chi connectivity index (χ4v) is 2.15. The molecule has 0 aromatic heterocycles. The van der Waals surface area contributed by atoms with E-state index in [4.69, 9.17) is 0 Å². The van der Waals surface area contributed by atoms with Crippen LogP contribution in [0.15, 0.2) is 48.5 Å². The Labute approximate surface area is 114 Å². The first-order valence-electron chi connectivity index (χ1n) is 6.72. The zero-order chi connectivity index (χ0) is 13.7. The van der Waals surface area contributed by atoms with Gasteiger partial charge in [-0.05, 0) is 42.5 Å². The van der Waals surface area contributed by atoms with E-state index >= 15 is 0 Å². The van der Waals surface area contributed by atoms with E-state index in [1.807, 2.05) is 19.1 Å². The summed E-state index contributed by atoms with van der Waals surface area (Å²) >= 11 is 0. The van der Waals surface area contributed by atoms with E-state index in [-0.39, 0.29) is 5.82 Å². The Bertz CT molecular complexity index is 522. The highest BCUT2D eigenvalue weighted by molar-refractivity contribution is 5.47. The lowest BCUT2D eigenvalue weighted by molar-refractivity contribution is 0.627. The number of rotatable bonds is 5. The lowest BCUT2D eigenvalue weighted by Crippen LogP contribution is -2.07. The van der Waals surface area contributed by atoms with Crippen LogP contribution in [0.1, 0.15) is 30.4 Å². The van der Waals surface area contributed by atoms with Gasteiger partial charge in [-0.3, -0.25) is 0 Å². The molecular weight excluding hydrogens is 237 g/mol. The third kappa shape index (κ3) is 3.82. The summed E-state index contributed by atoms with van der Waals surface area (Å²) in [6.45, 7) is 4.94. The number of anilines is 1. The molecule has 19 heavy (non-hydrogen) atoms. The number of benzene rings is 2. The molecule has 2 rings (SSSR count). The van der Waals surface area contributed by atoms with Crippen molar-refractivity contribution in [1.82, 2.24) is 0 Å². The lowest BCUT2D eigenvalue weighted by atomic mass is 9.98. The number of halogens is 1. The summed E-state index contributed by atoms with van der Waals surface area (Å²) in [5, 5.41) is 3.18. The average Bonchev–Trinajstić information content (AvgIpc) is 2.43. The fraction of sp³-hybridized carbons (Fsp3) is 0.294. The highest BCUT2D eigenvalue weighted by Crippen LogP contribution is 2.20. The van der Waals surface area contributed by atoms with Gasteiger partial charge >= 0.3 is 0 Å². The molecule has 0 spiro atoms. The van der Waals surface area contributed by atoms with Crippen LogP contribution in [0.2, 0.25) is 0 Å². The van der Waals surface area contributed by atoms with E-state index in [0.717, 1.165) is 18.5 Å². The minimum atomic E-state index is -0.182. The maximum absolute atomic E-state index is 13.6. The van der Waals surface area contributed by atoms with Gasteiger partial charge in [0.05, 0.1) is 5.69 Å². The number of nitrogens with one attached hydrogen (secondary N) is 1. The SMILES string of the molecule is Cc1ccc(F)c(NCCC(C)c2ccccc2)c1. The monoisotopic (exact) mass is 257 g/mol. The van der Waals surface area contributed by atoms with Crippen LogP contribution in [-0.4, -0.2) is 6.54 Å². The van der Waals surface area contributed by atoms with Crippen LogP contribution in [0, 0.1) is 12.7 Å². The summed E-state index contributed by atoms with van der Waals surface area (Å²) in [6, 6.07) is 15.6. The molecule has 2 aromatic carbocycles. The molecule has 0 aliphatic carbocycles. The van der Waals surface area contributed by atoms with Gasteiger partial charge in [-0.25, -0.2) is 4.39 Å². The first kappa shape index (κ1) is 13.6. The first-order chi connectivity index (χ1) is 9.16. The Morgan fingerprint density at radius 1 is 1.11 bits per heavy atom. The molecule has 0 amide bonds. The zero-order valence-electron chi connectivity index (χ0n) is 11.5. The molecule has 2 heteroatoms. The highest BCUT2D eigenvalue weighted by Gasteiger charge is 2.06. The summed E-state index contributed by atoms with van der Waals surface area (Å²) < 4.78 is 13.6. The van der Waals surface area contributed by atoms with E-state index in [2.05, 4.69) is 36.5 Å². The number of hydrogen-bond acceptors (Lipinski definition) is 1. The van der Waals surface area contributed by atoms with Crippen LogP contribution in [0.25, 0.3) is 0 Å². The average molecular weight is 257 g/mol. The molecule has 0 radical (unpaired) electrons. The van der Waals surface area contributed by atoms with Crippen LogP contribution in [0.3, 0.4) is 0 Å². The quantitative estimate of drug-likeness (QED) is 0.815. The minimum Gasteiger partial charge on any atom is -0.383 e. The van der Waals surface area contributed by atoms with Crippen LogP contribution in [-0.2, 0) is 0 Å². The maximum atomic E-state index is 13.6. The molecule has 0 aliphatic heterocycles. The van der Waals surface area contributed by atoms with Gasteiger partial charge < -0.3 is 5.32 Å². The Hall–Kier alpha value is -1.83. The normalized spacial score (nSPS) is 12.2. The summed E-state index contributed by atoms with van der Waals surface area (Å²) in [7, 11) is 0. The van der Waals surface area contributed by atoms with Gasteiger partial charge in [0.25, 0.3) is 0 Å². The van der Waals surface area contributed by atoms with Crippen molar-refractivity contribution in [3.8, 4) is 0 Å². The molecule has 0 heterocycles. The second-order valence-corrected chi connectivity index (χ2v) is 5.01. The van der Waals surface area contributed by atoms with Crippen molar-refractivity contribution in [3.05, 3.63) is 65.5 Å². The molecule has 0 saturated heterocycles. The van der Waals surface area contributed by atoms with Gasteiger partial charge in [0, 0.05) is 6.54 Å². The van der Waals surface area contributed by atoms with Crippen molar-refractivity contribution >= 4 is 5.69 Å². The van der Waals surface area contributed by atoms with Crippen molar-refractivity contribution in [3.63, 3.8) is 0 Å². The molecule has 1 atom stereocenters. The maximum Gasteiger partial charge on any atom is 0.146 e. The molecule has 1 nitrogen and oxygen atoms in total. The van der Waals surface area contributed by atoms with E-state index in [1.54, 1.807) is 6.07 Å². The van der Waals surface area contributed by atoms with Crippen LogP contribution in [0.4, 0.5) is 10.1 Å². The second-order valence-electron chi connectivity index (χ2n) is 5.01. The molecule has 2 aromatic rings. The van der Waals surface area contributed by atoms with Crippen LogP contribution in [0.5, 0.6) is 0 Å². The third-order valence-electron chi connectivity index (χ3n) is 3.38. The summed E-state index contributed by atoms with van der Waals surface area (Å²) in [4.78, 5) is 0. The minimum absolute atomic E-state index is 0.182. The second kappa shape index (κ2) is 6.37. The Balaban J connectivity index is 1.88. The third-order valence-corrected chi connectivity index (χ3v) is 3.38. The van der Waals surface area contributed by atoms with Gasteiger partial charge in [-0.15, -0.1) is 0 Å². The molecule has 0 saturated carbocycles. The predicted molar refractivity (Wildman–Crippen MR) is 79.1 cm³/mol.